The van der Waals surface area contributed by atoms with E-state index in [9.17, 15) is 0 Å². The molecule has 5 rings (SSSR count). The quantitative estimate of drug-likeness (QED) is 0.334. The third kappa shape index (κ3) is 4.13. The summed E-state index contributed by atoms with van der Waals surface area (Å²) in [5, 5.41) is 6.79. The lowest BCUT2D eigenvalue weighted by atomic mass is 10.4. The van der Waals surface area contributed by atoms with E-state index in [1.165, 1.54) is 15.9 Å². The molecular weight excluding hydrogens is 415 g/mol. The van der Waals surface area contributed by atoms with Crippen LogP contribution in [0.3, 0.4) is 0 Å². The Kier molecular flexibility index (Phi) is 6.10. The molecule has 5 aromatic rings. The second-order valence-electron chi connectivity index (χ2n) is 6.65. The Morgan fingerprint density at radius 3 is 1.62 bits per heavy atom. The summed E-state index contributed by atoms with van der Waals surface area (Å²) < 4.78 is 1.84. The van der Waals surface area contributed by atoms with Gasteiger partial charge in [0.25, 0.3) is 0 Å². The second-order valence-corrected chi connectivity index (χ2v) is 11.5. The van der Waals surface area contributed by atoms with Gasteiger partial charge in [-0.15, -0.1) is 11.3 Å². The molecule has 5 heteroatoms. The molecule has 0 aliphatic rings. The summed E-state index contributed by atoms with van der Waals surface area (Å²) in [5.41, 5.74) is 0. The molecule has 2 heterocycles. The summed E-state index contributed by atoms with van der Waals surface area (Å²) in [5.74, 6) is 0. The van der Waals surface area contributed by atoms with Crippen molar-refractivity contribution in [1.29, 1.82) is 0 Å². The van der Waals surface area contributed by atoms with Crippen molar-refractivity contribution in [3.8, 4) is 0 Å². The number of halogens is 1. The highest BCUT2D eigenvalue weighted by atomic mass is 35.5. The van der Waals surface area contributed by atoms with Crippen LogP contribution in [0.5, 0.6) is 0 Å². The average Bonchev–Trinajstić information content (AvgIpc) is 3.41. The summed E-state index contributed by atoms with van der Waals surface area (Å²) >= 11 is 7.30. The van der Waals surface area contributed by atoms with Crippen LogP contribution in [0.2, 0.25) is 5.28 Å². The number of benzene rings is 3. The fraction of sp³-hybridized carbons (Fsp3) is 0.0417. The highest BCUT2D eigenvalue weighted by molar-refractivity contribution is 7.95. The topological polar surface area (TPSA) is 17.3 Å². The van der Waals surface area contributed by atoms with Gasteiger partial charge in [-0.2, -0.15) is 0 Å². The van der Waals surface area contributed by atoms with Gasteiger partial charge >= 0.3 is 0 Å². The Labute approximate surface area is 180 Å². The Bertz CT molecular complexity index is 1070. The van der Waals surface area contributed by atoms with E-state index >= 15 is 0 Å². The van der Waals surface area contributed by atoms with Gasteiger partial charge in [0, 0.05) is 11.6 Å². The third-order valence-electron chi connectivity index (χ3n) is 4.93. The summed E-state index contributed by atoms with van der Waals surface area (Å²) in [7, 11) is -1.53. The molecule has 2 aromatic heterocycles. The van der Waals surface area contributed by atoms with E-state index in [0.29, 0.717) is 5.28 Å². The highest BCUT2D eigenvalue weighted by Gasteiger charge is 2.39. The SMILES string of the molecule is C[P+](c1ccccc1)(c1ccccc1)c1ccccc1.Clc1ncc2sccn12. The van der Waals surface area contributed by atoms with Gasteiger partial charge in [0.2, 0.25) is 5.28 Å². The monoisotopic (exact) mass is 435 g/mol. The Morgan fingerprint density at radius 2 is 1.21 bits per heavy atom. The van der Waals surface area contributed by atoms with Crippen molar-refractivity contribution in [3.63, 3.8) is 0 Å². The molecule has 0 aliphatic heterocycles. The minimum Gasteiger partial charge on any atom is -0.281 e. The predicted octanol–water partition coefficient (Wildman–Crippen LogP) is 5.66. The lowest BCUT2D eigenvalue weighted by Crippen LogP contribution is -2.30. The van der Waals surface area contributed by atoms with Crippen LogP contribution in [0.15, 0.2) is 109 Å². The zero-order chi connectivity index (χ0) is 20.1. The fourth-order valence-corrected chi connectivity index (χ4v) is 7.48. The average molecular weight is 436 g/mol. The molecule has 0 fully saturated rings. The smallest absolute Gasteiger partial charge is 0.208 e. The number of thiazole rings is 1. The zero-order valence-electron chi connectivity index (χ0n) is 16.0. The molecule has 29 heavy (non-hydrogen) atoms. The van der Waals surface area contributed by atoms with E-state index in [-0.39, 0.29) is 0 Å². The van der Waals surface area contributed by atoms with E-state index in [2.05, 4.69) is 103 Å². The standard InChI is InChI=1S/C19H18P.C5H3ClN2S/c1-20(17-11-5-2-6-12-17,18-13-7-3-8-14-18)19-15-9-4-10-16-19;6-5-7-3-4-8(5)1-2-9-4/h2-16H,1H3;1-3H/q+1;. The highest BCUT2D eigenvalue weighted by Crippen LogP contribution is 2.51. The van der Waals surface area contributed by atoms with Crippen molar-refractivity contribution in [1.82, 2.24) is 9.38 Å². The molecule has 3 aromatic carbocycles. The van der Waals surface area contributed by atoms with E-state index < -0.39 is 7.26 Å². The first kappa shape index (κ1) is 19.8. The van der Waals surface area contributed by atoms with Crippen LogP contribution < -0.4 is 15.9 Å². The van der Waals surface area contributed by atoms with Crippen LogP contribution in [0, 0.1) is 0 Å². The van der Waals surface area contributed by atoms with Gasteiger partial charge in [-0.3, -0.25) is 4.40 Å². The van der Waals surface area contributed by atoms with E-state index in [0.717, 1.165) is 4.83 Å². The Morgan fingerprint density at radius 1 is 0.759 bits per heavy atom. The van der Waals surface area contributed by atoms with Crippen molar-refractivity contribution in [2.75, 3.05) is 6.66 Å². The number of fused-ring (bicyclic) bond motifs is 1. The maximum Gasteiger partial charge on any atom is 0.208 e. The van der Waals surface area contributed by atoms with Crippen molar-refractivity contribution in [2.45, 2.75) is 0 Å². The number of rotatable bonds is 3. The molecule has 0 saturated heterocycles. The zero-order valence-corrected chi connectivity index (χ0v) is 18.5. The first-order chi connectivity index (χ1) is 14.2. The van der Waals surface area contributed by atoms with Crippen molar-refractivity contribution >= 4 is 50.9 Å². The Hall–Kier alpha value is -2.45. The third-order valence-corrected chi connectivity index (χ3v) is 10.0. The first-order valence-electron chi connectivity index (χ1n) is 9.29. The maximum atomic E-state index is 5.67. The number of hydrogen-bond acceptors (Lipinski definition) is 2. The fourth-order valence-electron chi connectivity index (χ4n) is 3.33. The number of hydrogen-bond donors (Lipinski definition) is 0. The van der Waals surface area contributed by atoms with Gasteiger partial charge in [-0.25, -0.2) is 4.98 Å². The summed E-state index contributed by atoms with van der Waals surface area (Å²) in [6.45, 7) is 2.41. The van der Waals surface area contributed by atoms with Crippen LogP contribution in [0.1, 0.15) is 0 Å². The number of aromatic nitrogens is 2. The van der Waals surface area contributed by atoms with Crippen molar-refractivity contribution < 1.29 is 0 Å². The van der Waals surface area contributed by atoms with Crippen molar-refractivity contribution in [2.24, 2.45) is 0 Å². The van der Waals surface area contributed by atoms with Crippen LogP contribution in [-0.2, 0) is 0 Å². The predicted molar refractivity (Wildman–Crippen MR) is 129 cm³/mol. The number of nitrogens with zero attached hydrogens (tertiary/aromatic N) is 2. The minimum atomic E-state index is -1.53. The first-order valence-corrected chi connectivity index (χ1v) is 12.8. The molecule has 0 bridgehead atoms. The normalized spacial score (nSPS) is 11.1. The summed E-state index contributed by atoms with van der Waals surface area (Å²) in [6.07, 6.45) is 3.66. The molecule has 0 unspecified atom stereocenters. The van der Waals surface area contributed by atoms with Gasteiger partial charge in [0.15, 0.2) is 0 Å². The molecular formula is C24H21ClN2PS+. The van der Waals surface area contributed by atoms with Crippen molar-refractivity contribution in [3.05, 3.63) is 114 Å². The van der Waals surface area contributed by atoms with Gasteiger partial charge in [-0.05, 0) is 48.0 Å². The van der Waals surface area contributed by atoms with Crippen LogP contribution in [0.4, 0.5) is 0 Å². The van der Waals surface area contributed by atoms with Crippen LogP contribution >= 0.6 is 30.2 Å². The molecule has 0 amide bonds. The van der Waals surface area contributed by atoms with Crippen LogP contribution in [0.25, 0.3) is 4.83 Å². The molecule has 0 atom stereocenters. The van der Waals surface area contributed by atoms with Crippen LogP contribution in [-0.4, -0.2) is 16.0 Å². The van der Waals surface area contributed by atoms with E-state index in [1.807, 2.05) is 16.0 Å². The summed E-state index contributed by atoms with van der Waals surface area (Å²) in [6, 6.07) is 32.6. The molecule has 0 radical (unpaired) electrons. The lowest BCUT2D eigenvalue weighted by molar-refractivity contribution is 1.18. The molecule has 2 nitrogen and oxygen atoms in total. The second kappa shape index (κ2) is 8.92. The van der Waals surface area contributed by atoms with E-state index in [4.69, 9.17) is 11.6 Å². The van der Waals surface area contributed by atoms with Gasteiger partial charge in [-0.1, -0.05) is 54.6 Å². The number of imidazole rings is 1. The minimum absolute atomic E-state index is 0.534. The summed E-state index contributed by atoms with van der Waals surface area (Å²) in [4.78, 5) is 4.98. The molecule has 0 N–H and O–H groups in total. The van der Waals surface area contributed by atoms with E-state index in [1.54, 1.807) is 17.5 Å². The molecule has 0 saturated carbocycles. The largest absolute Gasteiger partial charge is 0.281 e. The maximum absolute atomic E-state index is 5.67. The molecule has 144 valence electrons. The lowest BCUT2D eigenvalue weighted by Gasteiger charge is -2.22. The van der Waals surface area contributed by atoms with Gasteiger partial charge < -0.3 is 0 Å². The molecule has 0 spiro atoms. The Balaban J connectivity index is 0.000000188. The molecule has 0 aliphatic carbocycles. The van der Waals surface area contributed by atoms with Gasteiger partial charge in [0.05, 0.1) is 12.9 Å². The van der Waals surface area contributed by atoms with Gasteiger partial charge in [0.1, 0.15) is 28.0 Å².